The summed E-state index contributed by atoms with van der Waals surface area (Å²) in [6.07, 6.45) is 9.22. The van der Waals surface area contributed by atoms with E-state index in [0.29, 0.717) is 24.0 Å². The summed E-state index contributed by atoms with van der Waals surface area (Å²) in [5, 5.41) is 3.84. The fourth-order valence-electron chi connectivity index (χ4n) is 6.26. The lowest BCUT2D eigenvalue weighted by molar-refractivity contribution is -0.119. The van der Waals surface area contributed by atoms with Crippen LogP contribution in [0.15, 0.2) is 23.2 Å². The van der Waals surface area contributed by atoms with Gasteiger partial charge in [0.05, 0.1) is 6.54 Å². The molecule has 34 heavy (non-hydrogen) atoms. The molecule has 2 fully saturated rings. The number of fused-ring (bicyclic) bond motifs is 1. The summed E-state index contributed by atoms with van der Waals surface area (Å²) in [6, 6.07) is 6.06. The van der Waals surface area contributed by atoms with Crippen molar-refractivity contribution in [3.8, 4) is 0 Å². The lowest BCUT2D eigenvalue weighted by Crippen LogP contribution is -2.44. The molecule has 1 saturated carbocycles. The Kier molecular flexibility index (Phi) is 7.46. The topological polar surface area (TPSA) is 49.6 Å². The Morgan fingerprint density at radius 2 is 1.79 bits per heavy atom. The van der Waals surface area contributed by atoms with E-state index in [9.17, 15) is 9.18 Å². The van der Waals surface area contributed by atoms with Crippen molar-refractivity contribution in [2.45, 2.75) is 84.8 Å². The third kappa shape index (κ3) is 5.22. The molecule has 1 aliphatic heterocycles. The maximum absolute atomic E-state index is 14.2. The van der Waals surface area contributed by atoms with Crippen molar-refractivity contribution in [1.29, 1.82) is 0 Å². The molecule has 0 bridgehead atoms. The molecule has 0 unspecified atom stereocenters. The van der Waals surface area contributed by atoms with Gasteiger partial charge in [-0.25, -0.2) is 4.39 Å². The number of likely N-dealkylation sites (tertiary alicyclic amines) is 1. The van der Waals surface area contributed by atoms with Crippen LogP contribution in [-0.4, -0.2) is 47.8 Å². The predicted molar refractivity (Wildman–Crippen MR) is 138 cm³/mol. The Morgan fingerprint density at radius 1 is 1.12 bits per heavy atom. The van der Waals surface area contributed by atoms with Crippen LogP contribution in [0.3, 0.4) is 0 Å². The average molecular weight is 469 g/mol. The minimum atomic E-state index is -0.248. The zero-order valence-corrected chi connectivity index (χ0v) is 21.5. The first kappa shape index (κ1) is 24.9. The SMILES string of the molecule is CN=Cc1c(CNC(C)=O)n(C2CCN(C3CCC(C(C)(C)C)CC3)CC2)c2ccc(F)cc12. The number of piperidine rings is 1. The fraction of sp³-hybridized carbons (Fsp3) is 0.643. The monoisotopic (exact) mass is 468 g/mol. The number of hydrogen-bond donors (Lipinski definition) is 1. The van der Waals surface area contributed by atoms with Crippen molar-refractivity contribution in [2.24, 2.45) is 16.3 Å². The van der Waals surface area contributed by atoms with Gasteiger partial charge in [-0.1, -0.05) is 20.8 Å². The summed E-state index contributed by atoms with van der Waals surface area (Å²) in [7, 11) is 1.73. The Bertz CT molecular complexity index is 1030. The summed E-state index contributed by atoms with van der Waals surface area (Å²) in [4.78, 5) is 18.7. The number of hydrogen-bond acceptors (Lipinski definition) is 3. The fourth-order valence-corrected chi connectivity index (χ4v) is 6.26. The van der Waals surface area contributed by atoms with E-state index >= 15 is 0 Å². The van der Waals surface area contributed by atoms with Crippen LogP contribution in [0.25, 0.3) is 10.9 Å². The van der Waals surface area contributed by atoms with Crippen LogP contribution in [-0.2, 0) is 11.3 Å². The third-order valence-electron chi connectivity index (χ3n) is 8.18. The van der Waals surface area contributed by atoms with Gasteiger partial charge in [0.2, 0.25) is 5.91 Å². The van der Waals surface area contributed by atoms with E-state index in [0.717, 1.165) is 54.0 Å². The summed E-state index contributed by atoms with van der Waals surface area (Å²) >= 11 is 0. The Labute approximate surface area is 203 Å². The van der Waals surface area contributed by atoms with Gasteiger partial charge in [-0.05, 0) is 68.1 Å². The summed E-state index contributed by atoms with van der Waals surface area (Å²) < 4.78 is 16.5. The minimum absolute atomic E-state index is 0.0666. The number of rotatable bonds is 5. The zero-order valence-electron chi connectivity index (χ0n) is 21.5. The largest absolute Gasteiger partial charge is 0.351 e. The molecule has 1 amide bonds. The Morgan fingerprint density at radius 3 is 2.38 bits per heavy atom. The summed E-state index contributed by atoms with van der Waals surface area (Å²) in [5.41, 5.74) is 3.37. The van der Waals surface area contributed by atoms with Crippen molar-refractivity contribution in [1.82, 2.24) is 14.8 Å². The number of nitrogens with one attached hydrogen (secondary N) is 1. The van der Waals surface area contributed by atoms with E-state index < -0.39 is 0 Å². The van der Waals surface area contributed by atoms with Crippen LogP contribution >= 0.6 is 0 Å². The lowest BCUT2D eigenvalue weighted by Gasteiger charge is -2.44. The van der Waals surface area contributed by atoms with E-state index in [1.165, 1.54) is 38.7 Å². The summed E-state index contributed by atoms with van der Waals surface area (Å²) in [5.74, 6) is 0.521. The molecule has 1 N–H and O–H groups in total. The molecule has 5 nitrogen and oxygen atoms in total. The first-order valence-electron chi connectivity index (χ1n) is 12.9. The number of halogens is 1. The molecule has 2 heterocycles. The van der Waals surface area contributed by atoms with Crippen molar-refractivity contribution in [3.05, 3.63) is 35.3 Å². The zero-order chi connectivity index (χ0) is 24.5. The van der Waals surface area contributed by atoms with Gasteiger partial charge in [-0.2, -0.15) is 0 Å². The van der Waals surface area contributed by atoms with Gasteiger partial charge in [0, 0.05) is 67.5 Å². The molecule has 4 rings (SSSR count). The van der Waals surface area contributed by atoms with Gasteiger partial charge >= 0.3 is 0 Å². The van der Waals surface area contributed by atoms with Gasteiger partial charge < -0.3 is 14.8 Å². The predicted octanol–water partition coefficient (Wildman–Crippen LogP) is 5.71. The first-order chi connectivity index (χ1) is 16.2. The van der Waals surface area contributed by atoms with Crippen LogP contribution in [0.1, 0.15) is 83.5 Å². The second-order valence-electron chi connectivity index (χ2n) is 11.3. The smallest absolute Gasteiger partial charge is 0.217 e. The normalized spacial score (nSPS) is 23.1. The van der Waals surface area contributed by atoms with Gasteiger partial charge in [0.25, 0.3) is 0 Å². The molecule has 186 valence electrons. The maximum Gasteiger partial charge on any atom is 0.217 e. The molecule has 0 spiro atoms. The van der Waals surface area contributed by atoms with Crippen molar-refractivity contribution in [3.63, 3.8) is 0 Å². The molecule has 2 aromatic rings. The molecule has 0 atom stereocenters. The van der Waals surface area contributed by atoms with Crippen molar-refractivity contribution in [2.75, 3.05) is 20.1 Å². The standard InChI is InChI=1S/C28H41FN4O/c1-19(34)31-18-27-25(17-30-5)24-16-21(29)8-11-26(24)33(27)23-12-14-32(15-13-23)22-9-6-20(7-10-22)28(2,3)4/h8,11,16-17,20,22-23H,6-7,9-10,12-15,18H2,1-5H3,(H,31,34). The van der Waals surface area contributed by atoms with E-state index in [-0.39, 0.29) is 11.7 Å². The number of nitrogens with zero attached hydrogens (tertiary/aromatic N) is 3. The van der Waals surface area contributed by atoms with Gasteiger partial charge in [0.15, 0.2) is 0 Å². The van der Waals surface area contributed by atoms with Crippen molar-refractivity contribution < 1.29 is 9.18 Å². The molecule has 1 aromatic carbocycles. The second kappa shape index (κ2) is 10.2. The van der Waals surface area contributed by atoms with E-state index in [1.807, 2.05) is 6.07 Å². The van der Waals surface area contributed by atoms with Crippen molar-refractivity contribution >= 4 is 23.0 Å². The summed E-state index contributed by atoms with van der Waals surface area (Å²) in [6.45, 7) is 11.3. The average Bonchev–Trinajstić information content (AvgIpc) is 3.10. The van der Waals surface area contributed by atoms with Crippen LogP contribution in [0, 0.1) is 17.2 Å². The number of benzene rings is 1. The highest BCUT2D eigenvalue weighted by atomic mass is 19.1. The van der Waals surface area contributed by atoms with Gasteiger partial charge in [-0.15, -0.1) is 0 Å². The van der Waals surface area contributed by atoms with E-state index in [4.69, 9.17) is 0 Å². The Balaban J connectivity index is 1.55. The number of aromatic nitrogens is 1. The van der Waals surface area contributed by atoms with Gasteiger partial charge in [-0.3, -0.25) is 9.79 Å². The number of amides is 1. The first-order valence-corrected chi connectivity index (χ1v) is 12.9. The van der Waals surface area contributed by atoms with E-state index in [2.05, 4.69) is 40.5 Å². The number of aliphatic imine (C=N–C) groups is 1. The highest BCUT2D eigenvalue weighted by Gasteiger charge is 2.34. The molecular weight excluding hydrogens is 427 g/mol. The minimum Gasteiger partial charge on any atom is -0.351 e. The highest BCUT2D eigenvalue weighted by molar-refractivity contribution is 6.01. The van der Waals surface area contributed by atoms with Gasteiger partial charge in [0.1, 0.15) is 5.82 Å². The van der Waals surface area contributed by atoms with Crippen LogP contribution < -0.4 is 5.32 Å². The van der Waals surface area contributed by atoms with Crippen LogP contribution in [0.5, 0.6) is 0 Å². The molecule has 6 heteroatoms. The lowest BCUT2D eigenvalue weighted by atomic mass is 9.71. The number of carbonyl (C=O) groups is 1. The third-order valence-corrected chi connectivity index (χ3v) is 8.18. The molecule has 2 aliphatic rings. The Hall–Kier alpha value is -2.21. The molecule has 0 radical (unpaired) electrons. The van der Waals surface area contributed by atoms with Crippen LogP contribution in [0.2, 0.25) is 0 Å². The molecule has 1 saturated heterocycles. The van der Waals surface area contributed by atoms with Crippen LogP contribution in [0.4, 0.5) is 4.39 Å². The number of carbonyl (C=O) groups excluding carboxylic acids is 1. The molecular formula is C28H41FN4O. The second-order valence-corrected chi connectivity index (χ2v) is 11.3. The quantitative estimate of drug-likeness (QED) is 0.572. The highest BCUT2D eigenvalue weighted by Crippen LogP contribution is 2.40. The maximum atomic E-state index is 14.2. The van der Waals surface area contributed by atoms with E-state index in [1.54, 1.807) is 19.3 Å². The molecule has 1 aliphatic carbocycles. The molecule has 1 aromatic heterocycles.